The molecule has 5 heteroatoms. The van der Waals surface area contributed by atoms with Gasteiger partial charge >= 0.3 is 0 Å². The molecule has 0 amide bonds. The number of halogens is 1. The number of hydrogen-bond donors (Lipinski definition) is 2. The van der Waals surface area contributed by atoms with Gasteiger partial charge in [-0.05, 0) is 12.8 Å². The van der Waals surface area contributed by atoms with E-state index in [4.69, 9.17) is 11.6 Å². The highest BCUT2D eigenvalue weighted by Gasteiger charge is 2.26. The van der Waals surface area contributed by atoms with E-state index in [2.05, 4.69) is 15.3 Å². The predicted molar refractivity (Wildman–Crippen MR) is 68.3 cm³/mol. The Hall–Kier alpha value is -0.870. The number of aliphatic hydroxyl groups is 1. The van der Waals surface area contributed by atoms with Gasteiger partial charge in [0.1, 0.15) is 16.8 Å². The number of hydrogen-bond acceptors (Lipinski definition) is 4. The lowest BCUT2D eigenvalue weighted by molar-refractivity contribution is 0.222. The van der Waals surface area contributed by atoms with Gasteiger partial charge in [0.15, 0.2) is 0 Å². The summed E-state index contributed by atoms with van der Waals surface area (Å²) in [7, 11) is 0. The van der Waals surface area contributed by atoms with Crippen LogP contribution >= 0.6 is 11.6 Å². The molecule has 2 unspecified atom stereocenters. The lowest BCUT2D eigenvalue weighted by Gasteiger charge is -2.19. The average Bonchev–Trinajstić information content (AvgIpc) is 2.75. The van der Waals surface area contributed by atoms with E-state index in [0.717, 1.165) is 37.3 Å². The Balaban J connectivity index is 2.09. The first-order valence-electron chi connectivity index (χ1n) is 6.13. The molecule has 0 aromatic carbocycles. The first-order valence-corrected chi connectivity index (χ1v) is 6.51. The van der Waals surface area contributed by atoms with Gasteiger partial charge in [-0.3, -0.25) is 0 Å². The second-order valence-corrected chi connectivity index (χ2v) is 4.86. The quantitative estimate of drug-likeness (QED) is 0.811. The van der Waals surface area contributed by atoms with E-state index in [-0.39, 0.29) is 6.61 Å². The highest BCUT2D eigenvalue weighted by Crippen LogP contribution is 2.28. The van der Waals surface area contributed by atoms with E-state index in [1.807, 2.05) is 6.92 Å². The summed E-state index contributed by atoms with van der Waals surface area (Å²) in [6.07, 6.45) is 4.08. The maximum absolute atomic E-state index is 9.27. The van der Waals surface area contributed by atoms with Crippen LogP contribution in [0, 0.1) is 5.92 Å². The zero-order valence-corrected chi connectivity index (χ0v) is 10.7. The maximum atomic E-state index is 9.27. The van der Waals surface area contributed by atoms with Gasteiger partial charge in [0.25, 0.3) is 0 Å². The van der Waals surface area contributed by atoms with Gasteiger partial charge in [0.2, 0.25) is 0 Å². The van der Waals surface area contributed by atoms with Crippen molar-refractivity contribution in [3.8, 4) is 0 Å². The van der Waals surface area contributed by atoms with Gasteiger partial charge < -0.3 is 10.4 Å². The third-order valence-electron chi connectivity index (χ3n) is 3.28. The van der Waals surface area contributed by atoms with Crippen LogP contribution in [-0.4, -0.2) is 27.7 Å². The number of rotatable bonds is 4. The van der Waals surface area contributed by atoms with E-state index in [9.17, 15) is 5.11 Å². The molecule has 2 N–H and O–H groups in total. The Kier molecular flexibility index (Phi) is 4.18. The summed E-state index contributed by atoms with van der Waals surface area (Å²) in [5.74, 6) is 1.85. The van der Waals surface area contributed by atoms with Crippen molar-refractivity contribution in [1.29, 1.82) is 0 Å². The van der Waals surface area contributed by atoms with Crippen molar-refractivity contribution in [2.45, 2.75) is 38.6 Å². The van der Waals surface area contributed by atoms with Crippen LogP contribution in [0.2, 0.25) is 5.15 Å². The van der Waals surface area contributed by atoms with Crippen LogP contribution in [-0.2, 0) is 6.42 Å². The minimum absolute atomic E-state index is 0.233. The zero-order valence-electron chi connectivity index (χ0n) is 9.99. The van der Waals surface area contributed by atoms with Gasteiger partial charge in [0, 0.05) is 31.1 Å². The predicted octanol–water partition coefficient (Wildman–Crippen LogP) is 2.27. The van der Waals surface area contributed by atoms with Gasteiger partial charge in [-0.1, -0.05) is 24.9 Å². The molecule has 0 radical (unpaired) electrons. The molecule has 0 bridgehead atoms. The van der Waals surface area contributed by atoms with Gasteiger partial charge in [0.05, 0.1) is 0 Å². The third kappa shape index (κ3) is 3.07. The number of nitrogens with one attached hydrogen (secondary N) is 1. The molecular weight excluding hydrogens is 238 g/mol. The lowest BCUT2D eigenvalue weighted by Crippen LogP contribution is -2.27. The van der Waals surface area contributed by atoms with Crippen LogP contribution in [0.3, 0.4) is 0 Å². The Morgan fingerprint density at radius 3 is 3.00 bits per heavy atom. The summed E-state index contributed by atoms with van der Waals surface area (Å²) in [5.41, 5.74) is 0. The highest BCUT2D eigenvalue weighted by molar-refractivity contribution is 6.29. The SMILES string of the molecule is CCc1nc(Cl)cc(NC2CCCC2CO)n1. The molecule has 17 heavy (non-hydrogen) atoms. The molecular formula is C12H18ClN3O. The molecule has 94 valence electrons. The van der Waals surface area contributed by atoms with Crippen molar-refractivity contribution in [3.05, 3.63) is 17.0 Å². The summed E-state index contributed by atoms with van der Waals surface area (Å²) in [5, 5.41) is 13.1. The van der Waals surface area contributed by atoms with Crippen LogP contribution in [0.15, 0.2) is 6.07 Å². The first-order chi connectivity index (χ1) is 8.22. The Bertz CT molecular complexity index is 386. The van der Waals surface area contributed by atoms with Crippen molar-refractivity contribution >= 4 is 17.4 Å². The lowest BCUT2D eigenvalue weighted by atomic mass is 10.1. The maximum Gasteiger partial charge on any atom is 0.134 e. The molecule has 1 aliphatic carbocycles. The van der Waals surface area contributed by atoms with E-state index in [0.29, 0.717) is 17.1 Å². The molecule has 1 aliphatic rings. The van der Waals surface area contributed by atoms with E-state index in [1.165, 1.54) is 0 Å². The molecule has 2 rings (SSSR count). The molecule has 0 saturated heterocycles. The molecule has 1 aromatic heterocycles. The van der Waals surface area contributed by atoms with Crippen molar-refractivity contribution < 1.29 is 5.11 Å². The van der Waals surface area contributed by atoms with Crippen LogP contribution < -0.4 is 5.32 Å². The Morgan fingerprint density at radius 2 is 2.29 bits per heavy atom. The first kappa shape index (κ1) is 12.6. The fourth-order valence-electron chi connectivity index (χ4n) is 2.33. The molecule has 1 fully saturated rings. The number of aryl methyl sites for hydroxylation is 1. The number of aromatic nitrogens is 2. The average molecular weight is 256 g/mol. The second-order valence-electron chi connectivity index (χ2n) is 4.47. The van der Waals surface area contributed by atoms with Crippen molar-refractivity contribution in [2.24, 2.45) is 5.92 Å². The monoisotopic (exact) mass is 255 g/mol. The second kappa shape index (κ2) is 5.65. The smallest absolute Gasteiger partial charge is 0.134 e. The molecule has 0 spiro atoms. The zero-order chi connectivity index (χ0) is 12.3. The van der Waals surface area contributed by atoms with E-state index < -0.39 is 0 Å². The summed E-state index contributed by atoms with van der Waals surface area (Å²) >= 11 is 5.94. The molecule has 1 heterocycles. The van der Waals surface area contributed by atoms with Gasteiger partial charge in [-0.25, -0.2) is 9.97 Å². The summed E-state index contributed by atoms with van der Waals surface area (Å²) in [4.78, 5) is 8.53. The van der Waals surface area contributed by atoms with E-state index >= 15 is 0 Å². The minimum atomic E-state index is 0.233. The van der Waals surface area contributed by atoms with Crippen LogP contribution in [0.4, 0.5) is 5.82 Å². The molecule has 1 saturated carbocycles. The Labute approximate surface area is 106 Å². The molecule has 2 atom stereocenters. The van der Waals surface area contributed by atoms with Crippen LogP contribution in [0.25, 0.3) is 0 Å². The van der Waals surface area contributed by atoms with Crippen molar-refractivity contribution in [3.63, 3.8) is 0 Å². The fourth-order valence-corrected chi connectivity index (χ4v) is 2.53. The summed E-state index contributed by atoms with van der Waals surface area (Å²) < 4.78 is 0. The minimum Gasteiger partial charge on any atom is -0.396 e. The normalized spacial score (nSPS) is 23.9. The standard InChI is InChI=1S/C12H18ClN3O/c1-2-11-15-10(13)6-12(16-11)14-9-5-3-4-8(9)7-17/h6,8-9,17H,2-5,7H2,1H3,(H,14,15,16). The largest absolute Gasteiger partial charge is 0.396 e. The summed E-state index contributed by atoms with van der Waals surface area (Å²) in [6.45, 7) is 2.23. The van der Waals surface area contributed by atoms with Crippen LogP contribution in [0.5, 0.6) is 0 Å². The van der Waals surface area contributed by atoms with Crippen molar-refractivity contribution in [1.82, 2.24) is 9.97 Å². The number of anilines is 1. The third-order valence-corrected chi connectivity index (χ3v) is 3.48. The molecule has 0 aliphatic heterocycles. The Morgan fingerprint density at radius 1 is 1.47 bits per heavy atom. The molecule has 4 nitrogen and oxygen atoms in total. The number of aliphatic hydroxyl groups excluding tert-OH is 1. The highest BCUT2D eigenvalue weighted by atomic mass is 35.5. The molecule has 1 aromatic rings. The van der Waals surface area contributed by atoms with E-state index in [1.54, 1.807) is 6.07 Å². The topological polar surface area (TPSA) is 58.0 Å². The summed E-state index contributed by atoms with van der Waals surface area (Å²) in [6, 6.07) is 2.05. The number of nitrogens with zero attached hydrogens (tertiary/aromatic N) is 2. The fraction of sp³-hybridized carbons (Fsp3) is 0.667. The van der Waals surface area contributed by atoms with Gasteiger partial charge in [-0.2, -0.15) is 0 Å². The van der Waals surface area contributed by atoms with Crippen molar-refractivity contribution in [2.75, 3.05) is 11.9 Å². The van der Waals surface area contributed by atoms with Crippen LogP contribution in [0.1, 0.15) is 32.0 Å². The van der Waals surface area contributed by atoms with Gasteiger partial charge in [-0.15, -0.1) is 0 Å².